The third kappa shape index (κ3) is 0.896. The molecular formula is C5H8FNO2. The third-order valence-electron chi connectivity index (χ3n) is 1.56. The first kappa shape index (κ1) is 6.48. The average molecular weight is 133 g/mol. The molecule has 0 aliphatic heterocycles. The lowest BCUT2D eigenvalue weighted by Gasteiger charge is -2.35. The van der Waals surface area contributed by atoms with Crippen LogP contribution < -0.4 is 5.73 Å². The number of halogens is 1. The molecule has 4 heteroatoms. The summed E-state index contributed by atoms with van der Waals surface area (Å²) in [7, 11) is 0. The Labute approximate surface area is 51.7 Å². The summed E-state index contributed by atoms with van der Waals surface area (Å²) in [6, 6.07) is 0. The van der Waals surface area contributed by atoms with Gasteiger partial charge in [0.1, 0.15) is 0 Å². The van der Waals surface area contributed by atoms with Gasteiger partial charge in [-0.1, -0.05) is 0 Å². The highest BCUT2D eigenvalue weighted by atomic mass is 19.1. The van der Waals surface area contributed by atoms with Crippen LogP contribution in [0.1, 0.15) is 12.8 Å². The second-order valence-electron chi connectivity index (χ2n) is 2.39. The van der Waals surface area contributed by atoms with E-state index in [1.165, 1.54) is 0 Å². The number of carbonyl (C=O) groups excluding carboxylic acids is 1. The lowest BCUT2D eigenvalue weighted by atomic mass is 9.79. The van der Waals surface area contributed by atoms with Crippen LogP contribution in [0, 0.1) is 0 Å². The van der Waals surface area contributed by atoms with E-state index in [-0.39, 0.29) is 12.8 Å². The maximum atomic E-state index is 12.6. The highest BCUT2D eigenvalue weighted by Crippen LogP contribution is 2.35. The van der Waals surface area contributed by atoms with Gasteiger partial charge in [-0.2, -0.15) is 0 Å². The van der Waals surface area contributed by atoms with Gasteiger partial charge in [-0.25, -0.2) is 4.39 Å². The van der Waals surface area contributed by atoms with Gasteiger partial charge in [-0.15, -0.1) is 0 Å². The van der Waals surface area contributed by atoms with Gasteiger partial charge < -0.3 is 10.8 Å². The van der Waals surface area contributed by atoms with Crippen LogP contribution in [-0.4, -0.2) is 22.8 Å². The monoisotopic (exact) mass is 133 g/mol. The average Bonchev–Trinajstić information content (AvgIpc) is 1.62. The van der Waals surface area contributed by atoms with E-state index < -0.39 is 17.7 Å². The maximum Gasteiger partial charge on any atom is 0.255 e. The van der Waals surface area contributed by atoms with Gasteiger partial charge in [-0.05, 0) is 0 Å². The normalized spacial score (nSPS) is 41.8. The molecule has 1 saturated carbocycles. The molecule has 0 atom stereocenters. The molecule has 0 aromatic heterocycles. The molecule has 1 rings (SSSR count). The number of carbonyl (C=O) groups is 1. The number of rotatable bonds is 1. The smallest absolute Gasteiger partial charge is 0.255 e. The van der Waals surface area contributed by atoms with Crippen LogP contribution in [-0.2, 0) is 4.79 Å². The third-order valence-corrected chi connectivity index (χ3v) is 1.56. The van der Waals surface area contributed by atoms with Crippen molar-refractivity contribution in [3.8, 4) is 0 Å². The van der Waals surface area contributed by atoms with E-state index in [1.54, 1.807) is 0 Å². The molecule has 1 aliphatic carbocycles. The first-order valence-corrected chi connectivity index (χ1v) is 2.71. The van der Waals surface area contributed by atoms with Crippen LogP contribution in [0.5, 0.6) is 0 Å². The molecular weight excluding hydrogens is 125 g/mol. The largest absolute Gasteiger partial charge is 0.393 e. The zero-order chi connectivity index (χ0) is 7.07. The fourth-order valence-corrected chi connectivity index (χ4v) is 0.888. The number of alkyl halides is 1. The van der Waals surface area contributed by atoms with Crippen molar-refractivity contribution in [1.29, 1.82) is 0 Å². The zero-order valence-electron chi connectivity index (χ0n) is 4.80. The summed E-state index contributed by atoms with van der Waals surface area (Å²) in [5.74, 6) is -0.965. The summed E-state index contributed by atoms with van der Waals surface area (Å²) in [6.07, 6.45) is -0.951. The summed E-state index contributed by atoms with van der Waals surface area (Å²) >= 11 is 0. The Morgan fingerprint density at radius 2 is 2.22 bits per heavy atom. The first-order valence-electron chi connectivity index (χ1n) is 2.71. The topological polar surface area (TPSA) is 63.3 Å². The SMILES string of the molecule is NC(=O)C1(F)CC(O)C1. The fraction of sp³-hybridized carbons (Fsp3) is 0.800. The van der Waals surface area contributed by atoms with E-state index >= 15 is 0 Å². The van der Waals surface area contributed by atoms with Gasteiger partial charge in [0.05, 0.1) is 6.10 Å². The van der Waals surface area contributed by atoms with Crippen molar-refractivity contribution in [2.24, 2.45) is 5.73 Å². The Hall–Kier alpha value is -0.640. The molecule has 1 fully saturated rings. The van der Waals surface area contributed by atoms with Crippen LogP contribution in [0.25, 0.3) is 0 Å². The van der Waals surface area contributed by atoms with E-state index in [2.05, 4.69) is 5.73 Å². The van der Waals surface area contributed by atoms with Crippen molar-refractivity contribution >= 4 is 5.91 Å². The van der Waals surface area contributed by atoms with Crippen molar-refractivity contribution in [2.45, 2.75) is 24.6 Å². The molecule has 0 aromatic rings. The predicted molar refractivity (Wildman–Crippen MR) is 28.3 cm³/mol. The van der Waals surface area contributed by atoms with Crippen LogP contribution in [0.2, 0.25) is 0 Å². The molecule has 0 saturated heterocycles. The van der Waals surface area contributed by atoms with E-state index in [9.17, 15) is 9.18 Å². The van der Waals surface area contributed by atoms with Crippen LogP contribution in [0.4, 0.5) is 4.39 Å². The molecule has 3 nitrogen and oxygen atoms in total. The highest BCUT2D eigenvalue weighted by molar-refractivity contribution is 5.84. The molecule has 0 bridgehead atoms. The molecule has 9 heavy (non-hydrogen) atoms. The lowest BCUT2D eigenvalue weighted by molar-refractivity contribution is -0.144. The second kappa shape index (κ2) is 1.67. The molecule has 3 N–H and O–H groups in total. The summed E-state index contributed by atoms with van der Waals surface area (Å²) in [5.41, 5.74) is 2.75. The summed E-state index contributed by atoms with van der Waals surface area (Å²) in [4.78, 5) is 10.2. The molecule has 0 unspecified atom stereocenters. The lowest BCUT2D eigenvalue weighted by Crippen LogP contribution is -2.52. The number of primary amides is 1. The van der Waals surface area contributed by atoms with Gasteiger partial charge in [0.15, 0.2) is 5.67 Å². The number of hydrogen-bond donors (Lipinski definition) is 2. The fourth-order valence-electron chi connectivity index (χ4n) is 0.888. The van der Waals surface area contributed by atoms with Gasteiger partial charge >= 0.3 is 0 Å². The number of nitrogens with two attached hydrogens (primary N) is 1. The second-order valence-corrected chi connectivity index (χ2v) is 2.39. The first-order chi connectivity index (χ1) is 4.04. The van der Waals surface area contributed by atoms with Gasteiger partial charge in [0.2, 0.25) is 0 Å². The molecule has 0 spiro atoms. The molecule has 0 radical (unpaired) electrons. The van der Waals surface area contributed by atoms with Crippen molar-refractivity contribution in [1.82, 2.24) is 0 Å². The summed E-state index contributed by atoms with van der Waals surface area (Å²) in [6.45, 7) is 0. The molecule has 0 aromatic carbocycles. The number of aliphatic hydroxyl groups is 1. The Morgan fingerprint density at radius 1 is 1.78 bits per heavy atom. The van der Waals surface area contributed by atoms with E-state index in [1.807, 2.05) is 0 Å². The maximum absolute atomic E-state index is 12.6. The van der Waals surface area contributed by atoms with Crippen molar-refractivity contribution in [2.75, 3.05) is 0 Å². The van der Waals surface area contributed by atoms with E-state index in [0.717, 1.165) is 0 Å². The predicted octanol–water partition coefficient (Wildman–Crippen LogP) is -0.665. The number of hydrogen-bond acceptors (Lipinski definition) is 2. The summed E-state index contributed by atoms with van der Waals surface area (Å²) in [5, 5.41) is 8.58. The van der Waals surface area contributed by atoms with Gasteiger partial charge in [0, 0.05) is 12.8 Å². The minimum absolute atomic E-state index is 0.137. The standard InChI is InChI=1S/C5H8FNO2/c6-5(4(7)9)1-3(8)2-5/h3,8H,1-2H2,(H2,7,9). The van der Waals surface area contributed by atoms with Crippen molar-refractivity contribution in [3.05, 3.63) is 0 Å². The molecule has 1 aliphatic rings. The van der Waals surface area contributed by atoms with Crippen LogP contribution in [0.3, 0.4) is 0 Å². The highest BCUT2D eigenvalue weighted by Gasteiger charge is 2.49. The number of aliphatic hydroxyl groups excluding tert-OH is 1. The molecule has 1 amide bonds. The summed E-state index contributed by atoms with van der Waals surface area (Å²) < 4.78 is 12.6. The van der Waals surface area contributed by atoms with Gasteiger partial charge in [-0.3, -0.25) is 4.79 Å². The van der Waals surface area contributed by atoms with Gasteiger partial charge in [0.25, 0.3) is 5.91 Å². The van der Waals surface area contributed by atoms with Crippen LogP contribution >= 0.6 is 0 Å². The van der Waals surface area contributed by atoms with Crippen molar-refractivity contribution in [3.63, 3.8) is 0 Å². The minimum Gasteiger partial charge on any atom is -0.393 e. The zero-order valence-corrected chi connectivity index (χ0v) is 4.80. The molecule has 52 valence electrons. The molecule has 0 heterocycles. The number of amides is 1. The Balaban J connectivity index is 2.50. The quantitative estimate of drug-likeness (QED) is 0.498. The Morgan fingerprint density at radius 3 is 2.33 bits per heavy atom. The Kier molecular flexibility index (Phi) is 1.20. The Bertz CT molecular complexity index is 142. The van der Waals surface area contributed by atoms with Crippen molar-refractivity contribution < 1.29 is 14.3 Å². The minimum atomic E-state index is -1.92. The van der Waals surface area contributed by atoms with Crippen LogP contribution in [0.15, 0.2) is 0 Å². The van der Waals surface area contributed by atoms with E-state index in [0.29, 0.717) is 0 Å². The van der Waals surface area contributed by atoms with E-state index in [4.69, 9.17) is 5.11 Å².